The largest absolute Gasteiger partial charge is 0.455 e. The molecular formula is C54H33N3O. The molecule has 0 bridgehead atoms. The molecule has 1 aromatic heterocycles. The van der Waals surface area contributed by atoms with Crippen LogP contribution in [0.3, 0.4) is 0 Å². The first-order valence-corrected chi connectivity index (χ1v) is 19.5. The number of fused-ring (bicyclic) bond motifs is 9. The van der Waals surface area contributed by atoms with E-state index in [4.69, 9.17) is 14.7 Å². The highest BCUT2D eigenvalue weighted by molar-refractivity contribution is 5.91. The molecule has 2 aliphatic rings. The lowest BCUT2D eigenvalue weighted by Gasteiger charge is -2.40. The van der Waals surface area contributed by atoms with Crippen molar-refractivity contribution in [1.82, 2.24) is 9.97 Å². The molecule has 0 saturated heterocycles. The number of para-hydroxylation sites is 2. The average molecular weight is 740 g/mol. The number of hydrogen-bond donors (Lipinski definition) is 0. The fourth-order valence-electron chi connectivity index (χ4n) is 9.03. The van der Waals surface area contributed by atoms with Crippen LogP contribution in [0.15, 0.2) is 200 Å². The number of nitrogens with zero attached hydrogens (tertiary/aromatic N) is 3. The lowest BCUT2D eigenvalue weighted by atomic mass is 9.65. The second-order valence-corrected chi connectivity index (χ2v) is 14.8. The van der Waals surface area contributed by atoms with Gasteiger partial charge >= 0.3 is 0 Å². The Kier molecular flexibility index (Phi) is 7.74. The third-order valence-electron chi connectivity index (χ3n) is 11.6. The van der Waals surface area contributed by atoms with Crippen LogP contribution in [-0.4, -0.2) is 9.97 Å². The minimum atomic E-state index is -0.652. The predicted octanol–water partition coefficient (Wildman–Crippen LogP) is 13.2. The Hall–Kier alpha value is -7.87. The zero-order chi connectivity index (χ0) is 38.6. The number of rotatable bonds is 5. The van der Waals surface area contributed by atoms with Crippen molar-refractivity contribution >= 4 is 0 Å². The first-order valence-electron chi connectivity index (χ1n) is 19.5. The van der Waals surface area contributed by atoms with Crippen molar-refractivity contribution in [2.75, 3.05) is 0 Å². The number of aromatic nitrogens is 2. The maximum atomic E-state index is 10.4. The number of hydrogen-bond acceptors (Lipinski definition) is 4. The van der Waals surface area contributed by atoms with Crippen LogP contribution in [0.2, 0.25) is 0 Å². The SMILES string of the molecule is N#Cc1cccc2c1Oc1c(-c3ccc(-c4cccc(-c5cc(-c6ccccc6)nc(-c6ccccc6)n5)c4)cc3)cccc1C21c2ccccc2-c2ccccc21. The minimum Gasteiger partial charge on any atom is -0.455 e. The first kappa shape index (κ1) is 33.5. The van der Waals surface area contributed by atoms with Crippen molar-refractivity contribution < 1.29 is 4.74 Å². The number of nitriles is 1. The van der Waals surface area contributed by atoms with Crippen molar-refractivity contribution in [3.05, 3.63) is 228 Å². The van der Waals surface area contributed by atoms with E-state index in [0.717, 1.165) is 67.2 Å². The summed E-state index contributed by atoms with van der Waals surface area (Å²) in [7, 11) is 0. The summed E-state index contributed by atoms with van der Waals surface area (Å²) in [6, 6.07) is 71.8. The molecule has 2 heterocycles. The van der Waals surface area contributed by atoms with Crippen molar-refractivity contribution in [1.29, 1.82) is 5.26 Å². The van der Waals surface area contributed by atoms with E-state index < -0.39 is 5.41 Å². The van der Waals surface area contributed by atoms with Crippen molar-refractivity contribution in [3.8, 4) is 84.9 Å². The summed E-state index contributed by atoms with van der Waals surface area (Å²) in [5.74, 6) is 2.07. The molecule has 1 spiro atoms. The summed E-state index contributed by atoms with van der Waals surface area (Å²) in [5.41, 5.74) is 15.6. The van der Waals surface area contributed by atoms with E-state index in [-0.39, 0.29) is 0 Å². The minimum absolute atomic E-state index is 0.518. The van der Waals surface area contributed by atoms with E-state index in [9.17, 15) is 5.26 Å². The zero-order valence-corrected chi connectivity index (χ0v) is 31.3. The summed E-state index contributed by atoms with van der Waals surface area (Å²) in [6.45, 7) is 0. The van der Waals surface area contributed by atoms with Gasteiger partial charge in [0.2, 0.25) is 0 Å². The highest BCUT2D eigenvalue weighted by atomic mass is 16.5. The van der Waals surface area contributed by atoms with Crippen LogP contribution in [0.1, 0.15) is 27.8 Å². The molecule has 270 valence electrons. The third-order valence-corrected chi connectivity index (χ3v) is 11.6. The van der Waals surface area contributed by atoms with Gasteiger partial charge in [-0.15, -0.1) is 0 Å². The van der Waals surface area contributed by atoms with Crippen LogP contribution in [-0.2, 0) is 5.41 Å². The molecule has 0 N–H and O–H groups in total. The summed E-state index contributed by atoms with van der Waals surface area (Å²) in [6.07, 6.45) is 0. The van der Waals surface area contributed by atoms with Crippen molar-refractivity contribution in [2.45, 2.75) is 5.41 Å². The smallest absolute Gasteiger partial charge is 0.160 e. The lowest BCUT2D eigenvalue weighted by molar-refractivity contribution is 0.436. The quantitative estimate of drug-likeness (QED) is 0.176. The van der Waals surface area contributed by atoms with E-state index in [1.165, 1.54) is 22.3 Å². The van der Waals surface area contributed by atoms with Gasteiger partial charge in [-0.25, -0.2) is 9.97 Å². The summed E-state index contributed by atoms with van der Waals surface area (Å²) in [4.78, 5) is 10.1. The van der Waals surface area contributed by atoms with Gasteiger partial charge in [0, 0.05) is 33.4 Å². The van der Waals surface area contributed by atoms with Crippen LogP contribution in [0.5, 0.6) is 11.5 Å². The molecule has 58 heavy (non-hydrogen) atoms. The molecule has 0 amide bonds. The van der Waals surface area contributed by atoms with Gasteiger partial charge in [-0.3, -0.25) is 0 Å². The Labute approximate surface area is 337 Å². The van der Waals surface area contributed by atoms with E-state index in [2.05, 4.69) is 146 Å². The maximum Gasteiger partial charge on any atom is 0.160 e. The second kappa shape index (κ2) is 13.4. The molecule has 1 aliphatic heterocycles. The number of benzene rings is 8. The average Bonchev–Trinajstić information content (AvgIpc) is 3.60. The van der Waals surface area contributed by atoms with Gasteiger partial charge in [0.25, 0.3) is 0 Å². The molecule has 0 radical (unpaired) electrons. The fourth-order valence-corrected chi connectivity index (χ4v) is 9.03. The van der Waals surface area contributed by atoms with E-state index in [1.54, 1.807) is 0 Å². The van der Waals surface area contributed by atoms with Gasteiger partial charge in [0.1, 0.15) is 17.6 Å². The van der Waals surface area contributed by atoms with Crippen molar-refractivity contribution in [2.24, 2.45) is 0 Å². The third kappa shape index (κ3) is 5.15. The molecule has 4 nitrogen and oxygen atoms in total. The van der Waals surface area contributed by atoms with Gasteiger partial charge in [-0.1, -0.05) is 182 Å². The number of ether oxygens (including phenoxy) is 1. The van der Waals surface area contributed by atoms with Crippen LogP contribution >= 0.6 is 0 Å². The molecule has 0 saturated carbocycles. The van der Waals surface area contributed by atoms with Gasteiger partial charge in [0.05, 0.1) is 22.4 Å². The first-order chi connectivity index (χ1) is 28.7. The standard InChI is InChI=1S/C54H33N3O/c55-34-41-20-12-26-47-51(41)58-52-42(23-13-27-48(52)54(47)45-24-9-7-21-43(45)44-22-8-10-25-46(44)54)36-30-28-35(29-31-36)39-18-11-19-40(32-39)50-33-49(37-14-3-1-4-15-37)56-53(57-50)38-16-5-2-6-17-38/h1-33H. The molecule has 4 heteroatoms. The predicted molar refractivity (Wildman–Crippen MR) is 231 cm³/mol. The molecule has 11 rings (SSSR count). The maximum absolute atomic E-state index is 10.4. The van der Waals surface area contributed by atoms with Crippen LogP contribution in [0, 0.1) is 11.3 Å². The summed E-state index contributed by atoms with van der Waals surface area (Å²) < 4.78 is 6.93. The summed E-state index contributed by atoms with van der Waals surface area (Å²) >= 11 is 0. The van der Waals surface area contributed by atoms with E-state index in [1.807, 2.05) is 60.7 Å². The van der Waals surface area contributed by atoms with Crippen LogP contribution < -0.4 is 4.74 Å². The molecule has 8 aromatic carbocycles. The highest BCUT2D eigenvalue weighted by Crippen LogP contribution is 2.63. The Balaban J connectivity index is 1.02. The summed E-state index contributed by atoms with van der Waals surface area (Å²) in [5, 5.41) is 10.4. The normalized spacial score (nSPS) is 12.7. The Morgan fingerprint density at radius 3 is 1.57 bits per heavy atom. The molecule has 1 aliphatic carbocycles. The van der Waals surface area contributed by atoms with Crippen LogP contribution in [0.4, 0.5) is 0 Å². The Bertz CT molecular complexity index is 2990. The molecular weight excluding hydrogens is 707 g/mol. The highest BCUT2D eigenvalue weighted by Gasteiger charge is 2.51. The molecule has 0 unspecified atom stereocenters. The Morgan fingerprint density at radius 1 is 0.379 bits per heavy atom. The van der Waals surface area contributed by atoms with Gasteiger partial charge < -0.3 is 4.74 Å². The lowest BCUT2D eigenvalue weighted by Crippen LogP contribution is -2.32. The monoisotopic (exact) mass is 739 g/mol. The topological polar surface area (TPSA) is 58.8 Å². The van der Waals surface area contributed by atoms with Crippen molar-refractivity contribution in [3.63, 3.8) is 0 Å². The van der Waals surface area contributed by atoms with Crippen LogP contribution in [0.25, 0.3) is 67.3 Å². The van der Waals surface area contributed by atoms with Gasteiger partial charge in [-0.05, 0) is 57.1 Å². The zero-order valence-electron chi connectivity index (χ0n) is 31.3. The molecule has 9 aromatic rings. The molecule has 0 atom stereocenters. The van der Waals surface area contributed by atoms with Gasteiger partial charge in [-0.2, -0.15) is 5.26 Å². The van der Waals surface area contributed by atoms with E-state index >= 15 is 0 Å². The fraction of sp³-hybridized carbons (Fsp3) is 0.0185. The second-order valence-electron chi connectivity index (χ2n) is 14.8. The van der Waals surface area contributed by atoms with E-state index in [0.29, 0.717) is 17.1 Å². The van der Waals surface area contributed by atoms with Gasteiger partial charge in [0.15, 0.2) is 5.82 Å². The molecule has 0 fully saturated rings. The Morgan fingerprint density at radius 2 is 0.879 bits per heavy atom.